The van der Waals surface area contributed by atoms with Gasteiger partial charge in [0.1, 0.15) is 31.8 Å². The summed E-state index contributed by atoms with van der Waals surface area (Å²) in [6, 6.07) is 13.6. The molecule has 0 spiro atoms. The number of anilines is 1. The molecule has 2 N–H and O–H groups in total. The average Bonchev–Trinajstić information content (AvgIpc) is 3.44. The topological polar surface area (TPSA) is 78.8 Å². The highest BCUT2D eigenvalue weighted by molar-refractivity contribution is 6.36. The average molecular weight is 464 g/mol. The van der Waals surface area contributed by atoms with Crippen LogP contribution in [0, 0.1) is 5.92 Å². The van der Waals surface area contributed by atoms with Crippen LogP contribution in [-0.2, 0) is 13.2 Å². The van der Waals surface area contributed by atoms with Gasteiger partial charge < -0.3 is 14.8 Å². The summed E-state index contributed by atoms with van der Waals surface area (Å²) in [6.07, 6.45) is 4.17. The van der Waals surface area contributed by atoms with Crippen molar-refractivity contribution in [3.05, 3.63) is 65.2 Å². The largest absolute Gasteiger partial charge is 0.462 e. The Bertz CT molecular complexity index is 1260. The molecule has 0 amide bonds. The highest BCUT2D eigenvalue weighted by atomic mass is 35.5. The first-order valence-corrected chi connectivity index (χ1v) is 11.7. The van der Waals surface area contributed by atoms with E-state index in [2.05, 4.69) is 15.3 Å². The zero-order chi connectivity index (χ0) is 22.8. The van der Waals surface area contributed by atoms with E-state index in [9.17, 15) is 5.11 Å². The first kappa shape index (κ1) is 22.0. The third-order valence-electron chi connectivity index (χ3n) is 6.23. The Kier molecular flexibility index (Phi) is 6.40. The van der Waals surface area contributed by atoms with Crippen LogP contribution in [0.4, 0.5) is 5.82 Å². The molecule has 0 saturated carbocycles. The molecule has 7 nitrogen and oxygen atoms in total. The normalized spacial score (nSPS) is 17.0. The number of hydrogen-bond acceptors (Lipinski definition) is 6. The molecule has 9 heteroatoms. The van der Waals surface area contributed by atoms with Crippen LogP contribution in [0.25, 0.3) is 16.9 Å². The molecule has 1 aromatic carbocycles. The van der Waals surface area contributed by atoms with E-state index in [-0.39, 0.29) is 6.61 Å². The van der Waals surface area contributed by atoms with Crippen molar-refractivity contribution in [2.24, 2.45) is 5.92 Å². The monoisotopic (exact) mass is 463 g/mol. The van der Waals surface area contributed by atoms with Gasteiger partial charge in [-0.2, -0.15) is 9.61 Å². The van der Waals surface area contributed by atoms with Crippen LogP contribution in [0.5, 0.6) is 0 Å². The lowest BCUT2D eigenvalue weighted by Crippen LogP contribution is -2.37. The summed E-state index contributed by atoms with van der Waals surface area (Å²) in [4.78, 5) is 7.25. The summed E-state index contributed by atoms with van der Waals surface area (Å²) in [5, 5.41) is 18.1. The van der Waals surface area contributed by atoms with Gasteiger partial charge in [-0.3, -0.25) is 4.90 Å². The number of aliphatic hydroxyl groups excluding tert-OH is 1. The van der Waals surface area contributed by atoms with Crippen LogP contribution in [0.15, 0.2) is 53.1 Å². The van der Waals surface area contributed by atoms with E-state index < -0.39 is 0 Å². The van der Waals surface area contributed by atoms with Crippen LogP contribution >= 0.6 is 11.6 Å². The van der Waals surface area contributed by atoms with Crippen molar-refractivity contribution in [2.75, 3.05) is 25.0 Å². The third-order valence-corrected chi connectivity index (χ3v) is 6.56. The van der Waals surface area contributed by atoms with Crippen LogP contribution in [0.2, 0.25) is 5.02 Å². The number of aliphatic hydroxyl groups is 1. The summed E-state index contributed by atoms with van der Waals surface area (Å²) in [7, 11) is 2.02. The molecule has 4 aromatic rings. The van der Waals surface area contributed by atoms with Crippen molar-refractivity contribution in [3.8, 4) is 11.3 Å². The Morgan fingerprint density at radius 1 is 1.21 bits per heavy atom. The summed E-state index contributed by atoms with van der Waals surface area (Å²) < 4.78 is 7.55. The molecular formula is C24H27BClN5O2. The van der Waals surface area contributed by atoms with E-state index in [1.807, 2.05) is 61.0 Å². The minimum absolute atomic E-state index is 0.0595. The standard InChI is InChI=1S/C24H27BClN5O2/c25-20-12-28-31-23(10-22(29-24(20)31)19-5-1-2-6-21(19)26)27-11-16-4-3-9-30(13-16)14-17-7-8-18(15-32)33-17/h1-2,5-8,10,12,16,27,32H,3-4,9,11,13-15,25H2. The van der Waals surface area contributed by atoms with Gasteiger partial charge in [-0.15, -0.1) is 0 Å². The van der Waals surface area contributed by atoms with Crippen molar-refractivity contribution in [2.45, 2.75) is 26.0 Å². The molecule has 4 heterocycles. The Labute approximate surface area is 198 Å². The zero-order valence-corrected chi connectivity index (χ0v) is 19.4. The van der Waals surface area contributed by atoms with Gasteiger partial charge in [-0.25, -0.2) is 4.98 Å². The van der Waals surface area contributed by atoms with E-state index >= 15 is 0 Å². The van der Waals surface area contributed by atoms with Gasteiger partial charge in [0.15, 0.2) is 5.65 Å². The maximum Gasteiger partial charge on any atom is 0.151 e. The van der Waals surface area contributed by atoms with Gasteiger partial charge in [0.05, 0.1) is 12.2 Å². The minimum Gasteiger partial charge on any atom is -0.462 e. The molecule has 170 valence electrons. The predicted octanol–water partition coefficient (Wildman–Crippen LogP) is 2.72. The number of fused-ring (bicyclic) bond motifs is 1. The molecule has 1 saturated heterocycles. The van der Waals surface area contributed by atoms with Crippen LogP contribution in [-0.4, -0.2) is 52.1 Å². The number of piperidine rings is 1. The van der Waals surface area contributed by atoms with Gasteiger partial charge in [-0.1, -0.05) is 29.8 Å². The second-order valence-electron chi connectivity index (χ2n) is 8.72. The van der Waals surface area contributed by atoms with Crippen molar-refractivity contribution in [1.82, 2.24) is 19.5 Å². The predicted molar refractivity (Wildman–Crippen MR) is 133 cm³/mol. The molecule has 1 unspecified atom stereocenters. The highest BCUT2D eigenvalue weighted by Gasteiger charge is 2.21. The maximum absolute atomic E-state index is 9.23. The molecule has 1 aliphatic heterocycles. The quantitative estimate of drug-likeness (QED) is 0.410. The third kappa shape index (κ3) is 4.78. The van der Waals surface area contributed by atoms with Crippen molar-refractivity contribution >= 4 is 36.4 Å². The molecule has 1 aliphatic rings. The van der Waals surface area contributed by atoms with E-state index in [0.717, 1.165) is 66.5 Å². The molecule has 0 bridgehead atoms. The molecule has 0 aliphatic carbocycles. The number of aromatic nitrogens is 3. The molecule has 0 radical (unpaired) electrons. The van der Waals surface area contributed by atoms with Gasteiger partial charge in [0.2, 0.25) is 0 Å². The fourth-order valence-electron chi connectivity index (χ4n) is 4.53. The summed E-state index contributed by atoms with van der Waals surface area (Å²) in [6.45, 7) is 3.60. The van der Waals surface area contributed by atoms with Crippen LogP contribution in [0.3, 0.4) is 0 Å². The highest BCUT2D eigenvalue weighted by Crippen LogP contribution is 2.28. The smallest absolute Gasteiger partial charge is 0.151 e. The lowest BCUT2D eigenvalue weighted by Gasteiger charge is -2.32. The first-order chi connectivity index (χ1) is 16.1. The molecule has 1 fully saturated rings. The summed E-state index contributed by atoms with van der Waals surface area (Å²) in [5.41, 5.74) is 3.60. The Hall–Kier alpha value is -2.81. The second-order valence-corrected chi connectivity index (χ2v) is 9.13. The SMILES string of the molecule is Bc1cnn2c(NCC3CCCN(Cc4ccc(CO)o4)C3)cc(-c3ccccc3Cl)nc12. The van der Waals surface area contributed by atoms with Crippen LogP contribution < -0.4 is 10.8 Å². The second kappa shape index (κ2) is 9.59. The molecule has 33 heavy (non-hydrogen) atoms. The van der Waals surface area contributed by atoms with Crippen LogP contribution in [0.1, 0.15) is 24.4 Å². The Balaban J connectivity index is 1.32. The lowest BCUT2D eigenvalue weighted by molar-refractivity contribution is 0.158. The molecule has 5 rings (SSSR count). The van der Waals surface area contributed by atoms with E-state index in [4.69, 9.17) is 21.0 Å². The number of rotatable bonds is 7. The van der Waals surface area contributed by atoms with Crippen molar-refractivity contribution in [1.29, 1.82) is 0 Å². The van der Waals surface area contributed by atoms with E-state index in [1.54, 1.807) is 0 Å². The van der Waals surface area contributed by atoms with Gasteiger partial charge in [0, 0.05) is 35.9 Å². The molecule has 3 aromatic heterocycles. The Morgan fingerprint density at radius 3 is 2.88 bits per heavy atom. The van der Waals surface area contributed by atoms with Gasteiger partial charge in [0.25, 0.3) is 0 Å². The fourth-order valence-corrected chi connectivity index (χ4v) is 4.76. The van der Waals surface area contributed by atoms with E-state index in [1.165, 1.54) is 6.42 Å². The molecular weight excluding hydrogens is 437 g/mol. The number of benzene rings is 1. The zero-order valence-electron chi connectivity index (χ0n) is 18.7. The summed E-state index contributed by atoms with van der Waals surface area (Å²) in [5.74, 6) is 2.94. The van der Waals surface area contributed by atoms with E-state index in [0.29, 0.717) is 16.7 Å². The minimum atomic E-state index is -0.0595. The Morgan fingerprint density at radius 2 is 2.06 bits per heavy atom. The van der Waals surface area contributed by atoms with Gasteiger partial charge >= 0.3 is 0 Å². The number of likely N-dealkylation sites (tertiary alicyclic amines) is 1. The first-order valence-electron chi connectivity index (χ1n) is 11.4. The van der Waals surface area contributed by atoms with Gasteiger partial charge in [-0.05, 0) is 49.0 Å². The summed E-state index contributed by atoms with van der Waals surface area (Å²) >= 11 is 6.46. The maximum atomic E-state index is 9.23. The van der Waals surface area contributed by atoms with Crippen molar-refractivity contribution < 1.29 is 9.52 Å². The molecule has 1 atom stereocenters. The lowest BCUT2D eigenvalue weighted by atomic mass is 9.98. The number of hydrogen-bond donors (Lipinski definition) is 2. The van der Waals surface area contributed by atoms with Crippen molar-refractivity contribution in [3.63, 3.8) is 0 Å². The number of halogens is 1. The number of nitrogens with one attached hydrogen (secondary N) is 1. The fraction of sp³-hybridized carbons (Fsp3) is 0.333. The number of nitrogens with zero attached hydrogens (tertiary/aromatic N) is 4. The number of furan rings is 1.